The molecule has 0 spiro atoms. The molecule has 0 atom stereocenters. The topological polar surface area (TPSA) is 59.9 Å². The van der Waals surface area contributed by atoms with Crippen LogP contribution in [-0.2, 0) is 11.2 Å². The maximum Gasteiger partial charge on any atom is 0.277 e. The third-order valence-electron chi connectivity index (χ3n) is 3.57. The minimum Gasteiger partial charge on any atom is -0.496 e. The Labute approximate surface area is 182 Å². The number of hydrogen-bond acceptors (Lipinski definition) is 4. The van der Waals surface area contributed by atoms with Crippen molar-refractivity contribution in [1.82, 2.24) is 5.43 Å². The van der Waals surface area contributed by atoms with Gasteiger partial charge >= 0.3 is 0 Å². The van der Waals surface area contributed by atoms with Crippen molar-refractivity contribution < 1.29 is 14.3 Å². The number of ether oxygens (including phenoxy) is 2. The van der Waals surface area contributed by atoms with Gasteiger partial charge in [0.25, 0.3) is 5.91 Å². The molecule has 0 aliphatic heterocycles. The average molecular weight is 484 g/mol. The highest BCUT2D eigenvalue weighted by Gasteiger charge is 2.09. The molecule has 8 heteroatoms. The molecule has 5 nitrogen and oxygen atoms in total. The third kappa shape index (κ3) is 6.45. The number of hydrazone groups is 1. The summed E-state index contributed by atoms with van der Waals surface area (Å²) in [6, 6.07) is 8.43. The van der Waals surface area contributed by atoms with E-state index < -0.39 is 5.91 Å². The number of hydrogen-bond donors (Lipinski definition) is 1. The van der Waals surface area contributed by atoms with E-state index in [-0.39, 0.29) is 6.61 Å². The summed E-state index contributed by atoms with van der Waals surface area (Å²) in [7, 11) is 1.59. The predicted octanol–water partition coefficient (Wildman–Crippen LogP) is 4.86. The number of methoxy groups -OCH3 is 1. The van der Waals surface area contributed by atoms with Gasteiger partial charge in [-0.2, -0.15) is 5.10 Å². The van der Waals surface area contributed by atoms with Crippen molar-refractivity contribution in [3.63, 3.8) is 0 Å². The van der Waals surface area contributed by atoms with Crippen LogP contribution in [0.15, 0.2) is 39.9 Å². The molecule has 2 aromatic rings. The molecule has 0 radical (unpaired) electrons. The Morgan fingerprint density at radius 2 is 2.11 bits per heavy atom. The standard InChI is InChI=1S/C20H17BrCl2N2O3/c1-3-4-5-15-16(21)8-13(9-19(15)27-2)11-24-25-20(26)12-28-18-7-6-14(22)10-17(18)23/h1,6-11H,4-5,12H2,2H3,(H,25,26). The van der Waals surface area contributed by atoms with E-state index in [9.17, 15) is 4.79 Å². The summed E-state index contributed by atoms with van der Waals surface area (Å²) in [4.78, 5) is 11.9. The fourth-order valence-corrected chi connectivity index (χ4v) is 3.40. The van der Waals surface area contributed by atoms with Gasteiger partial charge in [-0.05, 0) is 42.3 Å². The number of nitrogens with zero attached hydrogens (tertiary/aromatic N) is 1. The molecular weight excluding hydrogens is 467 g/mol. The number of halogens is 3. The van der Waals surface area contributed by atoms with Crippen LogP contribution in [0.2, 0.25) is 10.0 Å². The average Bonchev–Trinajstić information content (AvgIpc) is 2.66. The molecular formula is C20H17BrCl2N2O3. The van der Waals surface area contributed by atoms with Crippen molar-refractivity contribution in [2.75, 3.05) is 13.7 Å². The molecule has 1 amide bonds. The molecule has 0 heterocycles. The quantitative estimate of drug-likeness (QED) is 0.331. The van der Waals surface area contributed by atoms with Gasteiger partial charge in [0.1, 0.15) is 11.5 Å². The van der Waals surface area contributed by atoms with Crippen LogP contribution in [0.25, 0.3) is 0 Å². The van der Waals surface area contributed by atoms with E-state index >= 15 is 0 Å². The Hall–Kier alpha value is -2.20. The molecule has 0 bridgehead atoms. The molecule has 0 aliphatic carbocycles. The predicted molar refractivity (Wildman–Crippen MR) is 116 cm³/mol. The first-order chi connectivity index (χ1) is 13.4. The summed E-state index contributed by atoms with van der Waals surface area (Å²) in [5.41, 5.74) is 4.12. The number of terminal acetylenes is 1. The normalized spacial score (nSPS) is 10.5. The van der Waals surface area contributed by atoms with Gasteiger partial charge in [-0.15, -0.1) is 12.3 Å². The SMILES string of the molecule is C#CCCc1c(Br)cc(C=NNC(=O)COc2ccc(Cl)cc2Cl)cc1OC. The largest absolute Gasteiger partial charge is 0.496 e. The van der Waals surface area contributed by atoms with Crippen molar-refractivity contribution in [2.45, 2.75) is 12.8 Å². The number of carbonyl (C=O) groups excluding carboxylic acids is 1. The van der Waals surface area contributed by atoms with Gasteiger partial charge in [0.05, 0.1) is 18.3 Å². The molecule has 0 unspecified atom stereocenters. The first-order valence-corrected chi connectivity index (χ1v) is 9.69. The first kappa shape index (κ1) is 22.1. The van der Waals surface area contributed by atoms with Crippen LogP contribution in [-0.4, -0.2) is 25.8 Å². The zero-order valence-electron chi connectivity index (χ0n) is 15.0. The van der Waals surface area contributed by atoms with Gasteiger partial charge < -0.3 is 9.47 Å². The highest BCUT2D eigenvalue weighted by atomic mass is 79.9. The molecule has 0 aliphatic rings. The van der Waals surface area contributed by atoms with Crippen LogP contribution in [0.4, 0.5) is 0 Å². The Balaban J connectivity index is 1.95. The number of carbonyl (C=O) groups is 1. The number of benzene rings is 2. The van der Waals surface area contributed by atoms with Crippen molar-refractivity contribution in [2.24, 2.45) is 5.10 Å². The summed E-state index contributed by atoms with van der Waals surface area (Å²) in [5, 5.41) is 4.74. The number of amides is 1. The summed E-state index contributed by atoms with van der Waals surface area (Å²) in [6.45, 7) is -0.239. The summed E-state index contributed by atoms with van der Waals surface area (Å²) in [5.74, 6) is 3.23. The van der Waals surface area contributed by atoms with E-state index in [1.807, 2.05) is 12.1 Å². The molecule has 146 valence electrons. The summed E-state index contributed by atoms with van der Waals surface area (Å²) in [6.07, 6.45) is 8.13. The number of nitrogens with one attached hydrogen (secondary N) is 1. The second-order valence-corrected chi connectivity index (χ2v) is 7.24. The van der Waals surface area contributed by atoms with Crippen LogP contribution in [0.1, 0.15) is 17.5 Å². The van der Waals surface area contributed by atoms with Crippen LogP contribution in [0, 0.1) is 12.3 Å². The van der Waals surface area contributed by atoms with Crippen LogP contribution in [0.3, 0.4) is 0 Å². The van der Waals surface area contributed by atoms with Crippen molar-refractivity contribution in [3.8, 4) is 23.8 Å². The molecule has 0 aromatic heterocycles. The zero-order valence-corrected chi connectivity index (χ0v) is 18.1. The smallest absolute Gasteiger partial charge is 0.277 e. The van der Waals surface area contributed by atoms with Crippen molar-refractivity contribution in [1.29, 1.82) is 0 Å². The Kier molecular flexibility index (Phi) is 8.65. The number of rotatable bonds is 8. The van der Waals surface area contributed by atoms with Crippen LogP contribution in [0.5, 0.6) is 11.5 Å². The van der Waals surface area contributed by atoms with Crippen LogP contribution >= 0.6 is 39.1 Å². The molecule has 2 rings (SSSR count). The van der Waals surface area contributed by atoms with Crippen molar-refractivity contribution in [3.05, 3.63) is 56.0 Å². The Morgan fingerprint density at radius 3 is 2.79 bits per heavy atom. The van der Waals surface area contributed by atoms with Gasteiger partial charge in [0.15, 0.2) is 6.61 Å². The lowest BCUT2D eigenvalue weighted by Crippen LogP contribution is -2.24. The van der Waals surface area contributed by atoms with Gasteiger partial charge in [-0.3, -0.25) is 4.79 Å². The lowest BCUT2D eigenvalue weighted by molar-refractivity contribution is -0.123. The molecule has 0 saturated carbocycles. The lowest BCUT2D eigenvalue weighted by atomic mass is 10.1. The highest BCUT2D eigenvalue weighted by Crippen LogP contribution is 2.30. The van der Waals surface area contributed by atoms with Gasteiger partial charge in [-0.1, -0.05) is 39.1 Å². The minimum atomic E-state index is -0.432. The van der Waals surface area contributed by atoms with E-state index in [1.54, 1.807) is 19.2 Å². The fraction of sp³-hybridized carbons (Fsp3) is 0.200. The second kappa shape index (κ2) is 11.0. The van der Waals surface area contributed by atoms with E-state index in [0.717, 1.165) is 15.6 Å². The second-order valence-electron chi connectivity index (χ2n) is 5.54. The molecule has 1 N–H and O–H groups in total. The molecule has 0 fully saturated rings. The van der Waals surface area contributed by atoms with Gasteiger partial charge in [-0.25, -0.2) is 5.43 Å². The van der Waals surface area contributed by atoms with Crippen molar-refractivity contribution >= 4 is 51.3 Å². The molecule has 28 heavy (non-hydrogen) atoms. The Bertz CT molecular complexity index is 926. The van der Waals surface area contributed by atoms with E-state index in [2.05, 4.69) is 32.4 Å². The minimum absolute atomic E-state index is 0.239. The third-order valence-corrected chi connectivity index (χ3v) is 4.81. The fourth-order valence-electron chi connectivity index (χ4n) is 2.27. The van der Waals surface area contributed by atoms with E-state index in [0.29, 0.717) is 34.4 Å². The maximum absolute atomic E-state index is 11.9. The zero-order chi connectivity index (χ0) is 20.5. The summed E-state index contributed by atoms with van der Waals surface area (Å²) >= 11 is 15.3. The molecule has 2 aromatic carbocycles. The summed E-state index contributed by atoms with van der Waals surface area (Å²) < 4.78 is 11.6. The van der Waals surface area contributed by atoms with Gasteiger partial charge in [0.2, 0.25) is 0 Å². The van der Waals surface area contributed by atoms with Crippen LogP contribution < -0.4 is 14.9 Å². The first-order valence-electron chi connectivity index (χ1n) is 8.14. The highest BCUT2D eigenvalue weighted by molar-refractivity contribution is 9.10. The maximum atomic E-state index is 11.9. The lowest BCUT2D eigenvalue weighted by Gasteiger charge is -2.11. The monoisotopic (exact) mass is 482 g/mol. The Morgan fingerprint density at radius 1 is 1.32 bits per heavy atom. The van der Waals surface area contributed by atoms with E-state index in [1.165, 1.54) is 12.3 Å². The molecule has 0 saturated heterocycles. The van der Waals surface area contributed by atoms with Gasteiger partial charge in [0, 0.05) is 21.5 Å². The van der Waals surface area contributed by atoms with E-state index in [4.69, 9.17) is 39.1 Å².